The summed E-state index contributed by atoms with van der Waals surface area (Å²) in [5.41, 5.74) is 0. The predicted molar refractivity (Wildman–Crippen MR) is 79.3 cm³/mol. The number of nitrogens with zero attached hydrogens (tertiary/aromatic N) is 2. The number of hydrogen-bond donors (Lipinski definition) is 2. The van der Waals surface area contributed by atoms with Gasteiger partial charge in [-0.05, 0) is 41.4 Å². The quantitative estimate of drug-likeness (QED) is 0.845. The van der Waals surface area contributed by atoms with Gasteiger partial charge in [0.1, 0.15) is 28.2 Å². The molecule has 0 saturated carbocycles. The summed E-state index contributed by atoms with van der Waals surface area (Å²) in [6.07, 6.45) is 4.25. The van der Waals surface area contributed by atoms with E-state index in [9.17, 15) is 0 Å². The highest BCUT2D eigenvalue weighted by atomic mass is 79.9. The van der Waals surface area contributed by atoms with Crippen LogP contribution in [-0.4, -0.2) is 16.5 Å². The van der Waals surface area contributed by atoms with Crippen molar-refractivity contribution in [2.24, 2.45) is 0 Å². The molecule has 0 spiro atoms. The van der Waals surface area contributed by atoms with Gasteiger partial charge in [0.05, 0.1) is 12.3 Å². The maximum atomic E-state index is 5.37. The molecule has 2 rings (SSSR count). The van der Waals surface area contributed by atoms with Crippen LogP contribution in [0, 0.1) is 0 Å². The Labute approximate surface area is 121 Å². The van der Waals surface area contributed by atoms with E-state index >= 15 is 0 Å². The molecule has 2 aromatic rings. The second kappa shape index (κ2) is 6.56. The van der Waals surface area contributed by atoms with Crippen molar-refractivity contribution < 1.29 is 4.42 Å². The summed E-state index contributed by atoms with van der Waals surface area (Å²) in [5, 5.41) is 6.55. The molecule has 0 fully saturated rings. The summed E-state index contributed by atoms with van der Waals surface area (Å²) in [5.74, 6) is 2.41. The highest BCUT2D eigenvalue weighted by molar-refractivity contribution is 9.10. The number of rotatable bonds is 6. The van der Waals surface area contributed by atoms with Gasteiger partial charge in [0.2, 0.25) is 0 Å². The summed E-state index contributed by atoms with van der Waals surface area (Å²) >= 11 is 3.52. The van der Waals surface area contributed by atoms with Crippen LogP contribution in [-0.2, 0) is 0 Å². The minimum absolute atomic E-state index is 0.0419. The van der Waals surface area contributed by atoms with Crippen molar-refractivity contribution in [3.05, 3.63) is 35.0 Å². The Morgan fingerprint density at radius 1 is 1.37 bits per heavy atom. The van der Waals surface area contributed by atoms with Gasteiger partial charge < -0.3 is 15.1 Å². The Morgan fingerprint density at radius 2 is 2.16 bits per heavy atom. The normalized spacial score (nSPS) is 12.2. The van der Waals surface area contributed by atoms with E-state index in [1.807, 2.05) is 19.1 Å². The molecule has 0 saturated heterocycles. The molecule has 19 heavy (non-hydrogen) atoms. The highest BCUT2D eigenvalue weighted by Crippen LogP contribution is 2.29. The molecule has 0 radical (unpaired) electrons. The van der Waals surface area contributed by atoms with E-state index in [1.165, 1.54) is 0 Å². The lowest BCUT2D eigenvalue weighted by Crippen LogP contribution is -2.10. The van der Waals surface area contributed by atoms with Gasteiger partial charge in [-0.25, -0.2) is 9.97 Å². The van der Waals surface area contributed by atoms with Crippen molar-refractivity contribution in [2.75, 3.05) is 17.2 Å². The zero-order chi connectivity index (χ0) is 13.7. The van der Waals surface area contributed by atoms with Crippen molar-refractivity contribution in [1.29, 1.82) is 0 Å². The Morgan fingerprint density at radius 3 is 2.84 bits per heavy atom. The van der Waals surface area contributed by atoms with Crippen LogP contribution in [0.25, 0.3) is 0 Å². The first-order chi connectivity index (χ1) is 9.22. The van der Waals surface area contributed by atoms with E-state index in [0.29, 0.717) is 0 Å². The highest BCUT2D eigenvalue weighted by Gasteiger charge is 2.13. The van der Waals surface area contributed by atoms with Gasteiger partial charge >= 0.3 is 0 Å². The van der Waals surface area contributed by atoms with Gasteiger partial charge in [0, 0.05) is 6.54 Å². The van der Waals surface area contributed by atoms with Crippen LogP contribution >= 0.6 is 15.9 Å². The Kier molecular flexibility index (Phi) is 4.79. The fraction of sp³-hybridized carbons (Fsp3) is 0.385. The molecular formula is C13H17BrN4O. The third-order valence-corrected chi connectivity index (χ3v) is 3.41. The Balaban J connectivity index is 2.12. The average Bonchev–Trinajstić information content (AvgIpc) is 2.94. The molecule has 1 unspecified atom stereocenters. The van der Waals surface area contributed by atoms with Crippen LogP contribution in [0.3, 0.4) is 0 Å². The van der Waals surface area contributed by atoms with Crippen LogP contribution in [0.2, 0.25) is 0 Å². The van der Waals surface area contributed by atoms with Crippen molar-refractivity contribution in [3.8, 4) is 0 Å². The first kappa shape index (κ1) is 13.9. The third kappa shape index (κ3) is 3.47. The summed E-state index contributed by atoms with van der Waals surface area (Å²) in [7, 11) is 0. The maximum absolute atomic E-state index is 5.37. The molecule has 1 atom stereocenters. The number of halogens is 1. The lowest BCUT2D eigenvalue weighted by atomic mass is 10.2. The SMILES string of the molecule is CCCNc1ncnc(NC(C)c2ccco2)c1Br. The van der Waals surface area contributed by atoms with E-state index < -0.39 is 0 Å². The molecule has 2 heterocycles. The van der Waals surface area contributed by atoms with Crippen LogP contribution < -0.4 is 10.6 Å². The number of nitrogens with one attached hydrogen (secondary N) is 2. The van der Waals surface area contributed by atoms with Crippen LogP contribution in [0.4, 0.5) is 11.6 Å². The second-order valence-electron chi connectivity index (χ2n) is 4.19. The number of aromatic nitrogens is 2. The molecule has 6 heteroatoms. The van der Waals surface area contributed by atoms with Crippen molar-refractivity contribution >= 4 is 27.6 Å². The standard InChI is InChI=1S/C13H17BrN4O/c1-3-6-15-12-11(14)13(17-8-16-12)18-9(2)10-5-4-7-19-10/h4-5,7-9H,3,6H2,1-2H3,(H2,15,16,17,18). The van der Waals surface area contributed by atoms with Crippen molar-refractivity contribution in [1.82, 2.24) is 9.97 Å². The van der Waals surface area contributed by atoms with Gasteiger partial charge in [-0.3, -0.25) is 0 Å². The molecule has 0 aliphatic heterocycles. The predicted octanol–water partition coefficient (Wildman–Crippen LogP) is 3.83. The molecule has 0 bridgehead atoms. The summed E-state index contributed by atoms with van der Waals surface area (Å²) in [4.78, 5) is 8.46. The number of anilines is 2. The molecule has 0 aromatic carbocycles. The van der Waals surface area contributed by atoms with Gasteiger partial charge in [0.25, 0.3) is 0 Å². The summed E-state index contributed by atoms with van der Waals surface area (Å²) < 4.78 is 6.20. The van der Waals surface area contributed by atoms with Gasteiger partial charge in [0.15, 0.2) is 0 Å². The molecule has 2 N–H and O–H groups in total. The molecule has 0 aliphatic rings. The third-order valence-electron chi connectivity index (χ3n) is 2.66. The van der Waals surface area contributed by atoms with E-state index in [-0.39, 0.29) is 6.04 Å². The first-order valence-electron chi connectivity index (χ1n) is 6.26. The van der Waals surface area contributed by atoms with E-state index in [2.05, 4.69) is 43.5 Å². The van der Waals surface area contributed by atoms with Gasteiger partial charge in [-0.2, -0.15) is 0 Å². The summed E-state index contributed by atoms with van der Waals surface area (Å²) in [6.45, 7) is 5.01. The summed E-state index contributed by atoms with van der Waals surface area (Å²) in [6, 6.07) is 3.85. The zero-order valence-electron chi connectivity index (χ0n) is 11.0. The average molecular weight is 325 g/mol. The van der Waals surface area contributed by atoms with Gasteiger partial charge in [-0.1, -0.05) is 6.92 Å². The van der Waals surface area contributed by atoms with Crippen molar-refractivity contribution in [2.45, 2.75) is 26.3 Å². The lowest BCUT2D eigenvalue weighted by molar-refractivity contribution is 0.490. The molecular weight excluding hydrogens is 308 g/mol. The van der Waals surface area contributed by atoms with Crippen LogP contribution in [0.5, 0.6) is 0 Å². The topological polar surface area (TPSA) is 63.0 Å². The number of hydrogen-bond acceptors (Lipinski definition) is 5. The zero-order valence-corrected chi connectivity index (χ0v) is 12.6. The lowest BCUT2D eigenvalue weighted by Gasteiger charge is -2.15. The fourth-order valence-corrected chi connectivity index (χ4v) is 2.11. The monoisotopic (exact) mass is 324 g/mol. The molecule has 102 valence electrons. The minimum Gasteiger partial charge on any atom is -0.467 e. The van der Waals surface area contributed by atoms with E-state index in [1.54, 1.807) is 12.6 Å². The van der Waals surface area contributed by atoms with Crippen LogP contribution in [0.15, 0.2) is 33.6 Å². The molecule has 2 aromatic heterocycles. The van der Waals surface area contributed by atoms with Crippen LogP contribution in [0.1, 0.15) is 32.1 Å². The smallest absolute Gasteiger partial charge is 0.146 e. The maximum Gasteiger partial charge on any atom is 0.146 e. The Bertz CT molecular complexity index is 515. The van der Waals surface area contributed by atoms with E-state index in [0.717, 1.165) is 34.8 Å². The molecule has 5 nitrogen and oxygen atoms in total. The minimum atomic E-state index is 0.0419. The van der Waals surface area contributed by atoms with Gasteiger partial charge in [-0.15, -0.1) is 0 Å². The fourth-order valence-electron chi connectivity index (χ4n) is 1.65. The van der Waals surface area contributed by atoms with E-state index in [4.69, 9.17) is 4.42 Å². The largest absolute Gasteiger partial charge is 0.467 e. The number of furan rings is 1. The van der Waals surface area contributed by atoms with Crippen molar-refractivity contribution in [3.63, 3.8) is 0 Å². The Hall–Kier alpha value is -1.56. The molecule has 0 amide bonds. The molecule has 0 aliphatic carbocycles. The second-order valence-corrected chi connectivity index (χ2v) is 4.99. The first-order valence-corrected chi connectivity index (χ1v) is 7.06.